The minimum atomic E-state index is -3.87. The van der Waals surface area contributed by atoms with Crippen LogP contribution < -0.4 is 4.72 Å². The van der Waals surface area contributed by atoms with Gasteiger partial charge < -0.3 is 9.84 Å². The molecule has 2 N–H and O–H groups in total. The third-order valence-electron chi connectivity index (χ3n) is 4.13. The first-order valence-corrected chi connectivity index (χ1v) is 7.89. The molecule has 0 bridgehead atoms. The summed E-state index contributed by atoms with van der Waals surface area (Å²) in [6.07, 6.45) is 2.96. The Morgan fingerprint density at radius 3 is 2.84 bits per heavy atom. The molecular formula is C11H20N2O5S. The predicted octanol–water partition coefficient (Wildman–Crippen LogP) is 0.214. The Morgan fingerprint density at radius 2 is 2.16 bits per heavy atom. The third kappa shape index (κ3) is 3.01. The van der Waals surface area contributed by atoms with Gasteiger partial charge >= 0.3 is 16.3 Å². The van der Waals surface area contributed by atoms with Crippen molar-refractivity contribution >= 4 is 16.3 Å². The van der Waals surface area contributed by atoms with Crippen molar-refractivity contribution in [2.45, 2.75) is 37.7 Å². The van der Waals surface area contributed by atoms with Crippen LogP contribution in [0.4, 0.5) is 4.79 Å². The Balaban J connectivity index is 2.06. The van der Waals surface area contributed by atoms with E-state index in [0.29, 0.717) is 6.42 Å². The summed E-state index contributed by atoms with van der Waals surface area (Å²) in [5, 5.41) is 10.5. The third-order valence-corrected chi connectivity index (χ3v) is 5.56. The van der Waals surface area contributed by atoms with Crippen molar-refractivity contribution in [2.75, 3.05) is 20.2 Å². The first-order valence-electron chi connectivity index (χ1n) is 6.45. The largest absolute Gasteiger partial charge is 0.452 e. The van der Waals surface area contributed by atoms with E-state index in [1.165, 1.54) is 4.31 Å². The monoisotopic (exact) mass is 292 g/mol. The SMILES string of the molecule is COC(=O)NS(=O)(=O)N1CCC2(O)CCCCC2C1. The van der Waals surface area contributed by atoms with Gasteiger partial charge in [-0.3, -0.25) is 0 Å². The molecule has 8 heteroatoms. The summed E-state index contributed by atoms with van der Waals surface area (Å²) in [5.74, 6) is -0.0516. The summed E-state index contributed by atoms with van der Waals surface area (Å²) < 4.78 is 31.3. The molecule has 1 amide bonds. The van der Waals surface area contributed by atoms with Gasteiger partial charge in [-0.05, 0) is 19.3 Å². The van der Waals surface area contributed by atoms with Crippen LogP contribution in [0.5, 0.6) is 0 Å². The highest BCUT2D eigenvalue weighted by Gasteiger charge is 2.45. The van der Waals surface area contributed by atoms with E-state index >= 15 is 0 Å². The van der Waals surface area contributed by atoms with Gasteiger partial charge in [0, 0.05) is 19.0 Å². The number of carbonyl (C=O) groups excluding carboxylic acids is 1. The van der Waals surface area contributed by atoms with E-state index in [-0.39, 0.29) is 19.0 Å². The number of hydrogen-bond donors (Lipinski definition) is 2. The van der Waals surface area contributed by atoms with E-state index in [1.807, 2.05) is 4.72 Å². The van der Waals surface area contributed by atoms with Crippen LogP contribution in [0.2, 0.25) is 0 Å². The highest BCUT2D eigenvalue weighted by atomic mass is 32.2. The zero-order chi connectivity index (χ0) is 14.1. The molecule has 0 aromatic heterocycles. The molecular weight excluding hydrogens is 272 g/mol. The van der Waals surface area contributed by atoms with Crippen LogP contribution in [0.3, 0.4) is 0 Å². The summed E-state index contributed by atoms with van der Waals surface area (Å²) in [6, 6.07) is 0. The lowest BCUT2D eigenvalue weighted by Crippen LogP contribution is -2.57. The second-order valence-corrected chi connectivity index (χ2v) is 6.92. The summed E-state index contributed by atoms with van der Waals surface area (Å²) in [5.41, 5.74) is -0.741. The van der Waals surface area contributed by atoms with E-state index in [2.05, 4.69) is 4.74 Å². The quantitative estimate of drug-likeness (QED) is 0.758. The van der Waals surface area contributed by atoms with Crippen molar-refractivity contribution in [3.05, 3.63) is 0 Å². The number of amides is 1. The molecule has 2 fully saturated rings. The molecule has 1 aliphatic carbocycles. The Labute approximate surface area is 113 Å². The number of aliphatic hydroxyl groups is 1. The predicted molar refractivity (Wildman–Crippen MR) is 67.6 cm³/mol. The second kappa shape index (κ2) is 5.26. The molecule has 0 aromatic rings. The van der Waals surface area contributed by atoms with Crippen LogP contribution in [0.1, 0.15) is 32.1 Å². The Bertz CT molecular complexity index is 452. The van der Waals surface area contributed by atoms with Crippen molar-refractivity contribution in [2.24, 2.45) is 5.92 Å². The van der Waals surface area contributed by atoms with Gasteiger partial charge in [-0.1, -0.05) is 12.8 Å². The van der Waals surface area contributed by atoms with Crippen molar-refractivity contribution < 1.29 is 23.1 Å². The average Bonchev–Trinajstić information content (AvgIpc) is 2.36. The van der Waals surface area contributed by atoms with Crippen LogP contribution in [0.25, 0.3) is 0 Å². The normalized spacial score (nSPS) is 32.4. The fourth-order valence-corrected chi connectivity index (χ4v) is 4.10. The zero-order valence-corrected chi connectivity index (χ0v) is 11.8. The van der Waals surface area contributed by atoms with Gasteiger partial charge in [0.25, 0.3) is 0 Å². The molecule has 2 atom stereocenters. The van der Waals surface area contributed by atoms with Gasteiger partial charge in [-0.25, -0.2) is 9.52 Å². The molecule has 0 aromatic carbocycles. The summed E-state index contributed by atoms with van der Waals surface area (Å²) in [4.78, 5) is 11.0. The lowest BCUT2D eigenvalue weighted by Gasteiger charge is -2.46. The summed E-state index contributed by atoms with van der Waals surface area (Å²) in [6.45, 7) is 0.474. The maximum atomic E-state index is 12.0. The number of methoxy groups -OCH3 is 1. The molecule has 110 valence electrons. The number of piperidine rings is 1. The van der Waals surface area contributed by atoms with E-state index in [9.17, 15) is 18.3 Å². The van der Waals surface area contributed by atoms with Crippen molar-refractivity contribution in [3.8, 4) is 0 Å². The maximum absolute atomic E-state index is 12.0. The highest BCUT2D eigenvalue weighted by molar-refractivity contribution is 7.87. The molecule has 1 heterocycles. The Kier molecular flexibility index (Phi) is 4.03. The van der Waals surface area contributed by atoms with E-state index in [1.54, 1.807) is 0 Å². The lowest BCUT2D eigenvalue weighted by molar-refractivity contribution is -0.0817. The number of ether oxygens (including phenoxy) is 1. The van der Waals surface area contributed by atoms with E-state index < -0.39 is 21.9 Å². The minimum absolute atomic E-state index is 0.0516. The Hall–Kier alpha value is -0.860. The number of fused-ring (bicyclic) bond motifs is 1. The fourth-order valence-electron chi connectivity index (χ4n) is 2.97. The van der Waals surface area contributed by atoms with Gasteiger partial charge in [-0.2, -0.15) is 12.7 Å². The van der Waals surface area contributed by atoms with Gasteiger partial charge in [0.15, 0.2) is 0 Å². The van der Waals surface area contributed by atoms with Crippen LogP contribution >= 0.6 is 0 Å². The molecule has 2 aliphatic rings. The average molecular weight is 292 g/mol. The maximum Gasteiger partial charge on any atom is 0.421 e. The summed E-state index contributed by atoms with van der Waals surface area (Å²) in [7, 11) is -2.76. The smallest absolute Gasteiger partial charge is 0.421 e. The number of carbonyl (C=O) groups is 1. The molecule has 1 saturated carbocycles. The molecule has 0 radical (unpaired) electrons. The lowest BCUT2D eigenvalue weighted by atomic mass is 9.72. The van der Waals surface area contributed by atoms with Crippen LogP contribution in [-0.2, 0) is 14.9 Å². The van der Waals surface area contributed by atoms with Crippen molar-refractivity contribution in [1.29, 1.82) is 0 Å². The highest BCUT2D eigenvalue weighted by Crippen LogP contribution is 2.40. The van der Waals surface area contributed by atoms with Crippen LogP contribution in [0, 0.1) is 5.92 Å². The van der Waals surface area contributed by atoms with Crippen LogP contribution in [0.15, 0.2) is 0 Å². The zero-order valence-electron chi connectivity index (χ0n) is 11.0. The minimum Gasteiger partial charge on any atom is -0.452 e. The molecule has 1 aliphatic heterocycles. The standard InChI is InChI=1S/C11H20N2O5S/c1-18-10(14)12-19(16,17)13-7-6-11(15)5-3-2-4-9(11)8-13/h9,15H,2-8H2,1H3,(H,12,14). The first kappa shape index (κ1) is 14.5. The summed E-state index contributed by atoms with van der Waals surface area (Å²) >= 11 is 0. The molecule has 7 nitrogen and oxygen atoms in total. The number of rotatable bonds is 2. The van der Waals surface area contributed by atoms with Gasteiger partial charge in [0.1, 0.15) is 0 Å². The van der Waals surface area contributed by atoms with Gasteiger partial charge in [0.2, 0.25) is 0 Å². The second-order valence-electron chi connectivity index (χ2n) is 5.25. The number of nitrogens with one attached hydrogen (secondary N) is 1. The molecule has 2 rings (SSSR count). The van der Waals surface area contributed by atoms with Crippen molar-refractivity contribution in [1.82, 2.24) is 9.03 Å². The van der Waals surface area contributed by atoms with E-state index in [0.717, 1.165) is 32.8 Å². The fraction of sp³-hybridized carbons (Fsp3) is 0.909. The van der Waals surface area contributed by atoms with Crippen molar-refractivity contribution in [3.63, 3.8) is 0 Å². The molecule has 2 unspecified atom stereocenters. The number of hydrogen-bond acceptors (Lipinski definition) is 5. The molecule has 1 saturated heterocycles. The molecule has 19 heavy (non-hydrogen) atoms. The van der Waals surface area contributed by atoms with E-state index in [4.69, 9.17) is 0 Å². The first-order chi connectivity index (χ1) is 8.87. The van der Waals surface area contributed by atoms with Gasteiger partial charge in [-0.15, -0.1) is 0 Å². The number of nitrogens with zero attached hydrogens (tertiary/aromatic N) is 1. The van der Waals surface area contributed by atoms with Gasteiger partial charge in [0.05, 0.1) is 12.7 Å². The Morgan fingerprint density at radius 1 is 1.42 bits per heavy atom. The molecule has 0 spiro atoms. The van der Waals surface area contributed by atoms with Crippen LogP contribution in [-0.4, -0.2) is 49.7 Å². The topological polar surface area (TPSA) is 95.9 Å².